The average molecular weight is 410 g/mol. The summed E-state index contributed by atoms with van der Waals surface area (Å²) < 4.78 is 9.79. The Morgan fingerprint density at radius 2 is 1.37 bits per heavy atom. The SMILES string of the molecule is COC(=O)[C@H](C[C@@H](C(=O)OC)N(C)c1ccccc1)N1C(=O)c2ccccc2C1=O. The van der Waals surface area contributed by atoms with Crippen LogP contribution in [-0.2, 0) is 19.1 Å². The lowest BCUT2D eigenvalue weighted by Gasteiger charge is -2.32. The molecule has 30 heavy (non-hydrogen) atoms. The largest absolute Gasteiger partial charge is 0.467 e. The second kappa shape index (κ2) is 8.77. The first-order valence-electron chi connectivity index (χ1n) is 9.31. The summed E-state index contributed by atoms with van der Waals surface area (Å²) >= 11 is 0. The van der Waals surface area contributed by atoms with Gasteiger partial charge in [-0.15, -0.1) is 0 Å². The van der Waals surface area contributed by atoms with E-state index in [1.54, 1.807) is 36.2 Å². The zero-order valence-corrected chi connectivity index (χ0v) is 16.9. The number of amides is 2. The number of fused-ring (bicyclic) bond motifs is 1. The van der Waals surface area contributed by atoms with Crippen molar-refractivity contribution >= 4 is 29.4 Å². The summed E-state index contributed by atoms with van der Waals surface area (Å²) in [4.78, 5) is 53.5. The number of hydrogen-bond donors (Lipinski definition) is 0. The fraction of sp³-hybridized carbons (Fsp3) is 0.273. The smallest absolute Gasteiger partial charge is 0.329 e. The number of likely N-dealkylation sites (N-methyl/N-ethyl adjacent to an activating group) is 1. The Morgan fingerprint density at radius 1 is 0.867 bits per heavy atom. The van der Waals surface area contributed by atoms with Gasteiger partial charge < -0.3 is 14.4 Å². The van der Waals surface area contributed by atoms with Gasteiger partial charge in [0, 0.05) is 19.2 Å². The van der Waals surface area contributed by atoms with Crippen molar-refractivity contribution in [2.24, 2.45) is 0 Å². The number of carbonyl (C=O) groups excluding carboxylic acids is 4. The summed E-state index contributed by atoms with van der Waals surface area (Å²) in [5.41, 5.74) is 1.13. The molecule has 0 unspecified atom stereocenters. The van der Waals surface area contributed by atoms with Crippen molar-refractivity contribution in [2.75, 3.05) is 26.2 Å². The van der Waals surface area contributed by atoms with Gasteiger partial charge in [-0.25, -0.2) is 9.59 Å². The molecule has 2 aromatic carbocycles. The van der Waals surface area contributed by atoms with E-state index < -0.39 is 35.8 Å². The van der Waals surface area contributed by atoms with Gasteiger partial charge in [-0.3, -0.25) is 14.5 Å². The molecular formula is C22H22N2O6. The third kappa shape index (κ3) is 3.76. The van der Waals surface area contributed by atoms with Crippen molar-refractivity contribution in [2.45, 2.75) is 18.5 Å². The molecule has 0 spiro atoms. The molecule has 0 N–H and O–H groups in total. The molecule has 0 aromatic heterocycles. The minimum atomic E-state index is -1.29. The van der Waals surface area contributed by atoms with Gasteiger partial charge in [0.05, 0.1) is 25.3 Å². The molecule has 0 radical (unpaired) electrons. The first-order chi connectivity index (χ1) is 14.4. The lowest BCUT2D eigenvalue weighted by atomic mass is 10.0. The molecule has 156 valence electrons. The number of para-hydroxylation sites is 1. The molecule has 2 amide bonds. The number of carbonyl (C=O) groups is 4. The Balaban J connectivity index is 1.97. The van der Waals surface area contributed by atoms with E-state index in [4.69, 9.17) is 9.47 Å². The van der Waals surface area contributed by atoms with Crippen molar-refractivity contribution in [1.82, 2.24) is 4.90 Å². The predicted octanol–water partition coefficient (Wildman–Crippen LogP) is 1.89. The van der Waals surface area contributed by atoms with Gasteiger partial charge in [0.1, 0.15) is 12.1 Å². The Hall–Kier alpha value is -3.68. The van der Waals surface area contributed by atoms with Crippen molar-refractivity contribution in [3.05, 3.63) is 65.7 Å². The Bertz CT molecular complexity index is 940. The van der Waals surface area contributed by atoms with Crippen LogP contribution < -0.4 is 4.90 Å². The Kier molecular flexibility index (Phi) is 6.15. The number of imide groups is 1. The highest BCUT2D eigenvalue weighted by Gasteiger charge is 2.45. The monoisotopic (exact) mass is 410 g/mol. The predicted molar refractivity (Wildman–Crippen MR) is 108 cm³/mol. The van der Waals surface area contributed by atoms with Gasteiger partial charge in [-0.2, -0.15) is 0 Å². The average Bonchev–Trinajstić information content (AvgIpc) is 3.04. The first kappa shape index (κ1) is 21.0. The number of esters is 2. The van der Waals surface area contributed by atoms with Crippen LogP contribution in [0.15, 0.2) is 54.6 Å². The van der Waals surface area contributed by atoms with Gasteiger partial charge in [0.2, 0.25) is 0 Å². The molecular weight excluding hydrogens is 388 g/mol. The lowest BCUT2D eigenvalue weighted by Crippen LogP contribution is -2.51. The van der Waals surface area contributed by atoms with Gasteiger partial charge in [0.25, 0.3) is 11.8 Å². The fourth-order valence-electron chi connectivity index (χ4n) is 3.54. The zero-order valence-electron chi connectivity index (χ0n) is 16.9. The van der Waals surface area contributed by atoms with E-state index in [-0.39, 0.29) is 17.5 Å². The highest BCUT2D eigenvalue weighted by molar-refractivity contribution is 6.22. The first-order valence-corrected chi connectivity index (χ1v) is 9.31. The fourth-order valence-corrected chi connectivity index (χ4v) is 3.54. The van der Waals surface area contributed by atoms with Crippen LogP contribution in [0.3, 0.4) is 0 Å². The van der Waals surface area contributed by atoms with Crippen molar-refractivity contribution < 1.29 is 28.7 Å². The van der Waals surface area contributed by atoms with Gasteiger partial charge >= 0.3 is 11.9 Å². The molecule has 1 heterocycles. The number of rotatable bonds is 7. The summed E-state index contributed by atoms with van der Waals surface area (Å²) in [6.45, 7) is 0. The summed E-state index contributed by atoms with van der Waals surface area (Å²) in [6, 6.07) is 13.1. The maximum atomic E-state index is 12.9. The van der Waals surface area contributed by atoms with Gasteiger partial charge in [-0.05, 0) is 24.3 Å². The highest BCUT2D eigenvalue weighted by atomic mass is 16.5. The number of methoxy groups -OCH3 is 2. The van der Waals surface area contributed by atoms with Gasteiger partial charge in [-0.1, -0.05) is 30.3 Å². The quantitative estimate of drug-likeness (QED) is 0.508. The number of anilines is 1. The minimum Gasteiger partial charge on any atom is -0.467 e. The van der Waals surface area contributed by atoms with Crippen molar-refractivity contribution in [3.8, 4) is 0 Å². The maximum Gasteiger partial charge on any atom is 0.329 e. The number of benzene rings is 2. The molecule has 3 rings (SSSR count). The lowest BCUT2D eigenvalue weighted by molar-refractivity contribution is -0.147. The van der Waals surface area contributed by atoms with E-state index in [0.29, 0.717) is 5.69 Å². The van der Waals surface area contributed by atoms with Crippen LogP contribution in [0.4, 0.5) is 5.69 Å². The van der Waals surface area contributed by atoms with E-state index in [0.717, 1.165) is 4.90 Å². The molecule has 0 saturated heterocycles. The Labute approximate surface area is 174 Å². The van der Waals surface area contributed by atoms with Crippen molar-refractivity contribution in [1.29, 1.82) is 0 Å². The normalized spacial score (nSPS) is 14.7. The topological polar surface area (TPSA) is 93.2 Å². The Morgan fingerprint density at radius 3 is 1.87 bits per heavy atom. The van der Waals surface area contributed by atoms with E-state index in [9.17, 15) is 19.2 Å². The maximum absolute atomic E-state index is 12.9. The summed E-state index contributed by atoms with van der Waals surface area (Å²) in [6.07, 6.45) is -0.184. The molecule has 2 aromatic rings. The van der Waals surface area contributed by atoms with Crippen LogP contribution in [0, 0.1) is 0 Å². The van der Waals surface area contributed by atoms with E-state index >= 15 is 0 Å². The minimum absolute atomic E-state index is 0.184. The third-order valence-electron chi connectivity index (χ3n) is 5.16. The zero-order chi connectivity index (χ0) is 21.8. The van der Waals surface area contributed by atoms with Crippen LogP contribution in [0.5, 0.6) is 0 Å². The molecule has 0 aliphatic carbocycles. The second-order valence-corrected chi connectivity index (χ2v) is 6.79. The molecule has 2 atom stereocenters. The van der Waals surface area contributed by atoms with Crippen LogP contribution >= 0.6 is 0 Å². The molecule has 0 saturated carbocycles. The second-order valence-electron chi connectivity index (χ2n) is 6.79. The number of hydrogen-bond acceptors (Lipinski definition) is 7. The molecule has 1 aliphatic rings. The van der Waals surface area contributed by atoms with Crippen molar-refractivity contribution in [3.63, 3.8) is 0 Å². The van der Waals surface area contributed by atoms with Crippen LogP contribution in [-0.4, -0.2) is 62.0 Å². The molecule has 8 nitrogen and oxygen atoms in total. The van der Waals surface area contributed by atoms with Crippen LogP contribution in [0.25, 0.3) is 0 Å². The summed E-state index contributed by atoms with van der Waals surface area (Å²) in [7, 11) is 4.08. The van der Waals surface area contributed by atoms with Crippen LogP contribution in [0.2, 0.25) is 0 Å². The highest BCUT2D eigenvalue weighted by Crippen LogP contribution is 2.28. The van der Waals surface area contributed by atoms with Crippen LogP contribution in [0.1, 0.15) is 27.1 Å². The van der Waals surface area contributed by atoms with E-state index in [1.807, 2.05) is 18.2 Å². The number of nitrogens with zero attached hydrogens (tertiary/aromatic N) is 2. The molecule has 8 heteroatoms. The number of ether oxygens (including phenoxy) is 2. The van der Waals surface area contributed by atoms with E-state index in [2.05, 4.69) is 0 Å². The standard InChI is InChI=1S/C22H22N2O6/c1-23(14-9-5-4-6-10-14)17(21(27)29-2)13-18(22(28)30-3)24-19(25)15-11-7-8-12-16(15)20(24)26/h4-12,17-18H,13H2,1-3H3/t17-,18-/m0/s1. The summed E-state index contributed by atoms with van der Waals surface area (Å²) in [5, 5.41) is 0. The molecule has 0 fully saturated rings. The third-order valence-corrected chi connectivity index (χ3v) is 5.16. The molecule has 0 bridgehead atoms. The van der Waals surface area contributed by atoms with E-state index in [1.165, 1.54) is 26.4 Å². The van der Waals surface area contributed by atoms with Gasteiger partial charge in [0.15, 0.2) is 0 Å². The molecule has 1 aliphatic heterocycles. The summed E-state index contributed by atoms with van der Waals surface area (Å²) in [5.74, 6) is -2.60.